The van der Waals surface area contributed by atoms with Gasteiger partial charge in [0.2, 0.25) is 0 Å². The Labute approximate surface area is 178 Å². The highest BCUT2D eigenvalue weighted by molar-refractivity contribution is 5.87. The van der Waals surface area contributed by atoms with Crippen LogP contribution >= 0.6 is 0 Å². The number of aromatic nitrogens is 2. The van der Waals surface area contributed by atoms with Crippen LogP contribution in [0.4, 0.5) is 4.79 Å². The van der Waals surface area contributed by atoms with Crippen molar-refractivity contribution in [2.45, 2.75) is 92.0 Å². The monoisotopic (exact) mass is 425 g/mol. The van der Waals surface area contributed by atoms with E-state index in [1.54, 1.807) is 25.3 Å². The second-order valence-corrected chi connectivity index (χ2v) is 8.86. The minimum atomic E-state index is -1.20. The molecule has 1 rings (SSSR count). The van der Waals surface area contributed by atoms with E-state index in [0.29, 0.717) is 18.7 Å². The Morgan fingerprint density at radius 1 is 1.10 bits per heavy atom. The third-order valence-electron chi connectivity index (χ3n) is 4.17. The molecular formula is C21H35N3O6. The van der Waals surface area contributed by atoms with Crippen LogP contribution in [0.25, 0.3) is 0 Å². The van der Waals surface area contributed by atoms with Crippen molar-refractivity contribution in [2.75, 3.05) is 6.54 Å². The summed E-state index contributed by atoms with van der Waals surface area (Å²) < 4.78 is 12.6. The van der Waals surface area contributed by atoms with Gasteiger partial charge in [0.15, 0.2) is 5.69 Å². The summed E-state index contributed by atoms with van der Waals surface area (Å²) in [4.78, 5) is 42.1. The second-order valence-electron chi connectivity index (χ2n) is 8.86. The molecule has 0 saturated carbocycles. The molecule has 0 aliphatic heterocycles. The van der Waals surface area contributed by atoms with Gasteiger partial charge in [0.1, 0.15) is 17.7 Å². The highest BCUT2D eigenvalue weighted by atomic mass is 16.6. The van der Waals surface area contributed by atoms with Crippen molar-refractivity contribution in [1.29, 1.82) is 0 Å². The summed E-state index contributed by atoms with van der Waals surface area (Å²) in [5.41, 5.74) is -1.27. The first-order valence-electron chi connectivity index (χ1n) is 10.3. The van der Waals surface area contributed by atoms with Crippen LogP contribution in [0.2, 0.25) is 0 Å². The zero-order valence-electron chi connectivity index (χ0n) is 19.2. The number of carboxylic acids is 1. The van der Waals surface area contributed by atoms with Gasteiger partial charge in [-0.05, 0) is 47.5 Å². The van der Waals surface area contributed by atoms with Crippen molar-refractivity contribution in [3.8, 4) is 0 Å². The Kier molecular flexibility index (Phi) is 8.87. The number of imidazole rings is 1. The Bertz CT molecular complexity index is 748. The molecule has 170 valence electrons. The summed E-state index contributed by atoms with van der Waals surface area (Å²) >= 11 is 0. The lowest BCUT2D eigenvalue weighted by atomic mass is 10.0. The van der Waals surface area contributed by atoms with Crippen LogP contribution in [-0.4, -0.2) is 55.3 Å². The van der Waals surface area contributed by atoms with Crippen LogP contribution in [0.15, 0.2) is 6.33 Å². The molecule has 0 aliphatic rings. The Morgan fingerprint density at radius 3 is 2.23 bits per heavy atom. The van der Waals surface area contributed by atoms with Crippen LogP contribution in [0.5, 0.6) is 0 Å². The molecule has 1 heterocycles. The molecule has 9 heteroatoms. The lowest BCUT2D eigenvalue weighted by molar-refractivity contribution is -0.158. The number of nitrogens with zero attached hydrogens (tertiary/aromatic N) is 3. The number of ether oxygens (including phenoxy) is 2. The topological polar surface area (TPSA) is 111 Å². The molecule has 0 spiro atoms. The van der Waals surface area contributed by atoms with Gasteiger partial charge in [-0.25, -0.2) is 14.6 Å². The van der Waals surface area contributed by atoms with Gasteiger partial charge >= 0.3 is 18.0 Å². The molecule has 0 fully saturated rings. The van der Waals surface area contributed by atoms with Crippen LogP contribution in [0.1, 0.15) is 83.9 Å². The molecule has 1 aromatic rings. The van der Waals surface area contributed by atoms with Crippen LogP contribution in [0.3, 0.4) is 0 Å². The summed E-state index contributed by atoms with van der Waals surface area (Å²) in [5, 5.41) is 9.48. The molecule has 0 aliphatic carbocycles. The molecule has 30 heavy (non-hydrogen) atoms. The number of aromatic carboxylic acids is 1. The van der Waals surface area contributed by atoms with Gasteiger partial charge in [-0.15, -0.1) is 0 Å². The van der Waals surface area contributed by atoms with Crippen molar-refractivity contribution < 1.29 is 29.0 Å². The quantitative estimate of drug-likeness (QED) is 0.567. The van der Waals surface area contributed by atoms with Gasteiger partial charge in [-0.2, -0.15) is 0 Å². The molecule has 0 atom stereocenters. The largest absolute Gasteiger partial charge is 0.476 e. The van der Waals surface area contributed by atoms with Crippen LogP contribution in [-0.2, 0) is 27.4 Å². The lowest BCUT2D eigenvalue weighted by Gasteiger charge is -2.29. The molecule has 0 unspecified atom stereocenters. The zero-order valence-corrected chi connectivity index (χ0v) is 19.2. The molecule has 9 nitrogen and oxygen atoms in total. The number of amides is 1. The first kappa shape index (κ1) is 25.5. The smallest absolute Gasteiger partial charge is 0.411 e. The Hall–Kier alpha value is -2.58. The highest BCUT2D eigenvalue weighted by Crippen LogP contribution is 2.19. The number of carboxylic acid groups (broad SMARTS) is 1. The predicted octanol–water partition coefficient (Wildman–Crippen LogP) is 3.85. The second kappa shape index (κ2) is 10.4. The van der Waals surface area contributed by atoms with E-state index >= 15 is 0 Å². The Morgan fingerprint density at radius 2 is 1.73 bits per heavy atom. The Balaban J connectivity index is 3.17. The average molecular weight is 426 g/mol. The number of aryl methyl sites for hydroxylation is 1. The minimum absolute atomic E-state index is 0.139. The van der Waals surface area contributed by atoms with E-state index in [9.17, 15) is 19.5 Å². The van der Waals surface area contributed by atoms with E-state index < -0.39 is 29.2 Å². The first-order chi connectivity index (χ1) is 13.8. The van der Waals surface area contributed by atoms with E-state index in [1.165, 1.54) is 6.33 Å². The van der Waals surface area contributed by atoms with Gasteiger partial charge in [0.05, 0.1) is 18.6 Å². The summed E-state index contributed by atoms with van der Waals surface area (Å²) in [6.07, 6.45) is 2.97. The van der Waals surface area contributed by atoms with Crippen LogP contribution in [0, 0.1) is 0 Å². The van der Waals surface area contributed by atoms with Crippen molar-refractivity contribution in [3.63, 3.8) is 0 Å². The van der Waals surface area contributed by atoms with E-state index in [0.717, 1.165) is 17.7 Å². The maximum Gasteiger partial charge on any atom is 0.411 e. The van der Waals surface area contributed by atoms with Crippen LogP contribution < -0.4 is 0 Å². The molecule has 0 radical (unpaired) electrons. The third-order valence-corrected chi connectivity index (χ3v) is 4.17. The fourth-order valence-electron chi connectivity index (χ4n) is 3.03. The van der Waals surface area contributed by atoms with Crippen molar-refractivity contribution >= 4 is 18.0 Å². The van der Waals surface area contributed by atoms with Gasteiger partial charge in [0, 0.05) is 6.54 Å². The van der Waals surface area contributed by atoms with Gasteiger partial charge < -0.3 is 19.1 Å². The van der Waals surface area contributed by atoms with Gasteiger partial charge in [-0.1, -0.05) is 20.3 Å². The van der Waals surface area contributed by atoms with Crippen molar-refractivity contribution in [3.05, 3.63) is 17.7 Å². The van der Waals surface area contributed by atoms with Gasteiger partial charge in [0.25, 0.3) is 0 Å². The average Bonchev–Trinajstić information content (AvgIpc) is 2.95. The van der Waals surface area contributed by atoms with E-state index in [4.69, 9.17) is 9.47 Å². The molecule has 0 saturated heterocycles. The maximum absolute atomic E-state index is 12.8. The van der Waals surface area contributed by atoms with Gasteiger partial charge in [-0.3, -0.25) is 9.69 Å². The predicted molar refractivity (Wildman–Crippen MR) is 111 cm³/mol. The summed E-state index contributed by atoms with van der Waals surface area (Å²) in [5.74, 6) is -1.78. The SMILES string of the molecule is CCCn1cnc(C(=O)O)c1CN(CC(=O)OC(C)(C)CCC)C(=O)OC(C)(C)C. The molecule has 1 amide bonds. The van der Waals surface area contributed by atoms with E-state index in [2.05, 4.69) is 4.98 Å². The molecule has 1 N–H and O–H groups in total. The standard InChI is InChI=1S/C21H35N3O6/c1-8-10-21(6,7)29-16(25)13-24(19(28)30-20(3,4)5)12-15-17(18(26)27)22-14-23(15)11-9-2/h14H,8-13H2,1-7H3,(H,26,27). The van der Waals surface area contributed by atoms with E-state index in [-0.39, 0.29) is 18.8 Å². The number of carbonyl (C=O) groups is 3. The summed E-state index contributed by atoms with van der Waals surface area (Å²) in [6, 6.07) is 0. The number of rotatable bonds is 10. The fourth-order valence-corrected chi connectivity index (χ4v) is 3.03. The first-order valence-corrected chi connectivity index (χ1v) is 10.3. The fraction of sp³-hybridized carbons (Fsp3) is 0.714. The number of hydrogen-bond acceptors (Lipinski definition) is 6. The number of hydrogen-bond donors (Lipinski definition) is 1. The maximum atomic E-state index is 12.8. The van der Waals surface area contributed by atoms with Crippen molar-refractivity contribution in [1.82, 2.24) is 14.5 Å². The molecule has 0 bridgehead atoms. The van der Waals surface area contributed by atoms with Crippen molar-refractivity contribution in [2.24, 2.45) is 0 Å². The summed E-state index contributed by atoms with van der Waals surface area (Å²) in [6.45, 7) is 12.7. The molecule has 0 aromatic carbocycles. The summed E-state index contributed by atoms with van der Waals surface area (Å²) in [7, 11) is 0. The number of esters is 1. The minimum Gasteiger partial charge on any atom is -0.476 e. The normalized spacial score (nSPS) is 11.8. The number of carbonyl (C=O) groups excluding carboxylic acids is 2. The molecular weight excluding hydrogens is 390 g/mol. The highest BCUT2D eigenvalue weighted by Gasteiger charge is 2.30. The lowest BCUT2D eigenvalue weighted by Crippen LogP contribution is -2.42. The molecule has 1 aromatic heterocycles. The van der Waals surface area contributed by atoms with E-state index in [1.807, 2.05) is 27.7 Å². The third kappa shape index (κ3) is 8.04. The zero-order chi connectivity index (χ0) is 23.1.